The van der Waals surface area contributed by atoms with Gasteiger partial charge in [0, 0.05) is 18.0 Å². The molecule has 3 N–H and O–H groups in total. The summed E-state index contributed by atoms with van der Waals surface area (Å²) in [6.07, 6.45) is 2.10. The largest absolute Gasteiger partial charge is 0.380 e. The Kier molecular flexibility index (Phi) is 5.74. The Morgan fingerprint density at radius 2 is 2.03 bits per heavy atom. The van der Waals surface area contributed by atoms with Crippen LogP contribution in [0.15, 0.2) is 22.7 Å². The van der Waals surface area contributed by atoms with E-state index in [2.05, 4.69) is 21.1 Å². The summed E-state index contributed by atoms with van der Waals surface area (Å²) in [6.45, 7) is 3.66. The lowest BCUT2D eigenvalue weighted by atomic mass is 10.0. The van der Waals surface area contributed by atoms with Crippen molar-refractivity contribution >= 4 is 33.0 Å². The smallest absolute Gasteiger partial charge is 0.247 e. The highest BCUT2D eigenvalue weighted by Crippen LogP contribution is 2.34. The van der Waals surface area contributed by atoms with Crippen LogP contribution in [0.5, 0.6) is 0 Å². The summed E-state index contributed by atoms with van der Waals surface area (Å²) in [6, 6.07) is 4.72. The molecule has 4 rings (SSSR count). The topological polar surface area (TPSA) is 130 Å². The SMILES string of the molecule is Cc1noc(C)c1-c1ccc(NC2CCCS(=O)(=O)C2)c(NC(=O)C2CCC(=O)N2)c1. The van der Waals surface area contributed by atoms with Gasteiger partial charge >= 0.3 is 0 Å². The van der Waals surface area contributed by atoms with Gasteiger partial charge in [0.25, 0.3) is 0 Å². The third-order valence-corrected chi connectivity index (χ3v) is 7.55. The van der Waals surface area contributed by atoms with E-state index in [4.69, 9.17) is 4.52 Å². The Morgan fingerprint density at radius 1 is 1.23 bits per heavy atom. The molecule has 2 aliphatic heterocycles. The second-order valence-electron chi connectivity index (χ2n) is 8.21. The van der Waals surface area contributed by atoms with Gasteiger partial charge in [-0.1, -0.05) is 11.2 Å². The highest BCUT2D eigenvalue weighted by atomic mass is 32.2. The molecule has 1 aromatic heterocycles. The van der Waals surface area contributed by atoms with E-state index in [1.54, 1.807) is 0 Å². The first-order chi connectivity index (χ1) is 14.7. The van der Waals surface area contributed by atoms with Gasteiger partial charge in [0.2, 0.25) is 11.8 Å². The maximum Gasteiger partial charge on any atom is 0.247 e. The van der Waals surface area contributed by atoms with Crippen molar-refractivity contribution in [1.82, 2.24) is 10.5 Å². The van der Waals surface area contributed by atoms with E-state index >= 15 is 0 Å². The van der Waals surface area contributed by atoms with Gasteiger partial charge in [-0.15, -0.1) is 0 Å². The van der Waals surface area contributed by atoms with E-state index in [1.165, 1.54) is 0 Å². The normalized spacial score (nSPS) is 22.7. The van der Waals surface area contributed by atoms with Crippen LogP contribution in [0, 0.1) is 13.8 Å². The number of hydrogen-bond acceptors (Lipinski definition) is 7. The molecule has 2 fully saturated rings. The van der Waals surface area contributed by atoms with Crippen LogP contribution in [0.1, 0.15) is 37.1 Å². The van der Waals surface area contributed by atoms with Crippen molar-refractivity contribution in [2.45, 2.75) is 51.6 Å². The van der Waals surface area contributed by atoms with Gasteiger partial charge in [-0.2, -0.15) is 0 Å². The number of nitrogens with one attached hydrogen (secondary N) is 3. The first-order valence-electron chi connectivity index (χ1n) is 10.4. The van der Waals surface area contributed by atoms with Gasteiger partial charge in [-0.3, -0.25) is 9.59 Å². The molecule has 0 radical (unpaired) electrons. The molecule has 0 saturated carbocycles. The minimum atomic E-state index is -3.08. The van der Waals surface area contributed by atoms with E-state index in [0.717, 1.165) is 23.2 Å². The van der Waals surface area contributed by atoms with Crippen molar-refractivity contribution in [3.05, 3.63) is 29.7 Å². The third-order valence-electron chi connectivity index (χ3n) is 5.73. The lowest BCUT2D eigenvalue weighted by Gasteiger charge is -2.26. The lowest BCUT2D eigenvalue weighted by Crippen LogP contribution is -2.38. The van der Waals surface area contributed by atoms with Crippen LogP contribution >= 0.6 is 0 Å². The molecule has 31 heavy (non-hydrogen) atoms. The molecule has 2 aromatic rings. The number of carbonyl (C=O) groups is 2. The number of amides is 2. The van der Waals surface area contributed by atoms with Crippen LogP contribution in [0.3, 0.4) is 0 Å². The van der Waals surface area contributed by atoms with Gasteiger partial charge in [0.15, 0.2) is 9.84 Å². The van der Waals surface area contributed by atoms with Crippen LogP contribution in [-0.2, 0) is 19.4 Å². The third kappa shape index (κ3) is 4.73. The summed E-state index contributed by atoms with van der Waals surface area (Å²) in [5.74, 6) is 0.486. The van der Waals surface area contributed by atoms with Gasteiger partial charge in [0.05, 0.1) is 28.6 Å². The van der Waals surface area contributed by atoms with Crippen LogP contribution in [0.4, 0.5) is 11.4 Å². The molecular formula is C21H26N4O5S. The van der Waals surface area contributed by atoms with Gasteiger partial charge in [-0.05, 0) is 50.8 Å². The highest BCUT2D eigenvalue weighted by molar-refractivity contribution is 7.91. The molecule has 0 spiro atoms. The van der Waals surface area contributed by atoms with Crippen molar-refractivity contribution in [1.29, 1.82) is 0 Å². The van der Waals surface area contributed by atoms with Crippen molar-refractivity contribution in [3.8, 4) is 11.1 Å². The van der Waals surface area contributed by atoms with Crippen molar-refractivity contribution in [3.63, 3.8) is 0 Å². The molecule has 0 bridgehead atoms. The molecule has 2 atom stereocenters. The Labute approximate surface area is 180 Å². The summed E-state index contributed by atoms with van der Waals surface area (Å²) >= 11 is 0. The fourth-order valence-electron chi connectivity index (χ4n) is 4.21. The Morgan fingerprint density at radius 3 is 2.68 bits per heavy atom. The number of nitrogens with zero attached hydrogens (tertiary/aromatic N) is 1. The quantitative estimate of drug-likeness (QED) is 0.641. The fraction of sp³-hybridized carbons (Fsp3) is 0.476. The summed E-state index contributed by atoms with van der Waals surface area (Å²) in [5.41, 5.74) is 3.55. The number of hydrogen-bond donors (Lipinski definition) is 3. The molecule has 0 aliphatic carbocycles. The molecule has 1 aromatic carbocycles. The molecule has 2 saturated heterocycles. The van der Waals surface area contributed by atoms with Gasteiger partial charge in [0.1, 0.15) is 11.8 Å². The molecule has 9 nitrogen and oxygen atoms in total. The van der Waals surface area contributed by atoms with Crippen molar-refractivity contribution in [2.75, 3.05) is 22.1 Å². The van der Waals surface area contributed by atoms with Gasteiger partial charge < -0.3 is 20.5 Å². The van der Waals surface area contributed by atoms with E-state index in [0.29, 0.717) is 36.4 Å². The molecule has 10 heteroatoms. The maximum atomic E-state index is 12.8. The number of carbonyl (C=O) groups excluding carboxylic acids is 2. The molecule has 166 valence electrons. The van der Waals surface area contributed by atoms with Crippen molar-refractivity contribution in [2.24, 2.45) is 0 Å². The van der Waals surface area contributed by atoms with Crippen molar-refractivity contribution < 1.29 is 22.5 Å². The zero-order chi connectivity index (χ0) is 22.2. The Balaban J connectivity index is 1.64. The van der Waals surface area contributed by atoms with Crippen LogP contribution in [0.2, 0.25) is 0 Å². The molecule has 2 amide bonds. The number of aryl methyl sites for hydroxylation is 2. The number of rotatable bonds is 5. The maximum absolute atomic E-state index is 12.8. The van der Waals surface area contributed by atoms with E-state index in [9.17, 15) is 18.0 Å². The Bertz CT molecular complexity index is 1110. The van der Waals surface area contributed by atoms with Crippen LogP contribution in [-0.4, -0.2) is 49.0 Å². The minimum absolute atomic E-state index is 0.0602. The summed E-state index contributed by atoms with van der Waals surface area (Å²) in [7, 11) is -3.08. The fourth-order valence-corrected chi connectivity index (χ4v) is 5.85. The second-order valence-corrected chi connectivity index (χ2v) is 10.4. The summed E-state index contributed by atoms with van der Waals surface area (Å²) in [4.78, 5) is 24.3. The second kappa shape index (κ2) is 8.33. The summed E-state index contributed by atoms with van der Waals surface area (Å²) < 4.78 is 29.3. The Hall–Kier alpha value is -2.88. The average molecular weight is 447 g/mol. The number of anilines is 2. The molecule has 2 aliphatic rings. The van der Waals surface area contributed by atoms with E-state index in [1.807, 2.05) is 32.0 Å². The number of sulfone groups is 1. The first kappa shape index (κ1) is 21.4. The standard InChI is InChI=1S/C21H26N4O5S/c1-12-20(13(2)30-25-12)14-5-6-16(22-15-4-3-9-31(28,29)11-15)18(10-14)24-21(27)17-7-8-19(26)23-17/h5-6,10,15,17,22H,3-4,7-9,11H2,1-2H3,(H,23,26)(H,24,27). The minimum Gasteiger partial charge on any atom is -0.380 e. The predicted molar refractivity (Wildman–Crippen MR) is 117 cm³/mol. The lowest BCUT2D eigenvalue weighted by molar-refractivity contribution is -0.122. The average Bonchev–Trinajstić information content (AvgIpc) is 3.28. The highest BCUT2D eigenvalue weighted by Gasteiger charge is 2.29. The van der Waals surface area contributed by atoms with Crippen LogP contribution in [0.25, 0.3) is 11.1 Å². The number of benzene rings is 1. The van der Waals surface area contributed by atoms with E-state index < -0.39 is 15.9 Å². The zero-order valence-corrected chi connectivity index (χ0v) is 18.3. The number of aromatic nitrogens is 1. The van der Waals surface area contributed by atoms with E-state index in [-0.39, 0.29) is 29.4 Å². The summed E-state index contributed by atoms with van der Waals surface area (Å²) in [5, 5.41) is 12.9. The zero-order valence-electron chi connectivity index (χ0n) is 17.5. The monoisotopic (exact) mass is 446 g/mol. The molecular weight excluding hydrogens is 420 g/mol. The molecule has 2 unspecified atom stereocenters. The van der Waals surface area contributed by atoms with Gasteiger partial charge in [-0.25, -0.2) is 8.42 Å². The predicted octanol–water partition coefficient (Wildman–Crippen LogP) is 2.16. The first-order valence-corrected chi connectivity index (χ1v) is 12.2. The molecule has 3 heterocycles. The van der Waals surface area contributed by atoms with Crippen LogP contribution < -0.4 is 16.0 Å².